The zero-order chi connectivity index (χ0) is 8.58. The fourth-order valence-electron chi connectivity index (χ4n) is 0.0478. The van der Waals surface area contributed by atoms with Gasteiger partial charge in [-0.15, -0.1) is 0 Å². The Labute approximate surface area is 44.8 Å². The van der Waals surface area contributed by atoms with Crippen molar-refractivity contribution in [3.05, 3.63) is 0 Å². The Hall–Kier alpha value is -0.610. The molecule has 0 aliphatic rings. The quantitative estimate of drug-likeness (QED) is 0.296. The number of aliphatic hydroxyl groups is 1. The third-order valence-corrected chi connectivity index (χ3v) is 0.351. The van der Waals surface area contributed by atoms with Crippen LogP contribution in [0.25, 0.3) is 0 Å². The maximum atomic E-state index is 9.96. The van der Waals surface area contributed by atoms with Crippen LogP contribution >= 0.6 is 0 Å². The van der Waals surface area contributed by atoms with Gasteiger partial charge in [0.15, 0.2) is 0 Å². The number of carboxylic acids is 1. The van der Waals surface area contributed by atoms with E-state index in [1.165, 1.54) is 0 Å². The minimum absolute atomic E-state index is 1.92. The Morgan fingerprint density at radius 3 is 2.71 bits per heavy atom. The zero-order valence-corrected chi connectivity index (χ0v) is 3.38. The predicted octanol–water partition coefficient (Wildman–Crippen LogP) is -1.61. The van der Waals surface area contributed by atoms with Gasteiger partial charge in [-0.05, 0) is 0 Å². The molecular formula is C3H7NO3. The molecule has 0 fully saturated rings. The summed E-state index contributed by atoms with van der Waals surface area (Å²) >= 11 is 0. The Balaban J connectivity index is 4.57. The van der Waals surface area contributed by atoms with Crippen molar-refractivity contribution >= 4 is 5.97 Å². The molecule has 42 valence electrons. The van der Waals surface area contributed by atoms with Gasteiger partial charge < -0.3 is 15.9 Å². The second kappa shape index (κ2) is 2.54. The molecule has 4 heteroatoms. The first-order chi connectivity index (χ1) is 4.19. The van der Waals surface area contributed by atoms with Crippen LogP contribution < -0.4 is 5.73 Å². The molecule has 0 aromatic rings. The van der Waals surface area contributed by atoms with E-state index in [2.05, 4.69) is 5.73 Å². The van der Waals surface area contributed by atoms with Gasteiger partial charge in [0.25, 0.3) is 0 Å². The van der Waals surface area contributed by atoms with E-state index >= 15 is 0 Å². The van der Waals surface area contributed by atoms with Crippen molar-refractivity contribution in [3.63, 3.8) is 0 Å². The summed E-state index contributed by atoms with van der Waals surface area (Å²) < 4.78 is 19.4. The maximum absolute atomic E-state index is 9.96. The standard InChI is InChI=1S/C3H7NO3/c4-2(1-5)3(6)7/h2,5H,1,4H2,(H,6,7)/t2-/m0/s1/i1+1D2,2+1D,3+1,4+1. The molecule has 0 bridgehead atoms. The molecule has 0 rings (SSSR count). The lowest BCUT2D eigenvalue weighted by molar-refractivity contribution is -0.139. The van der Waals surface area contributed by atoms with Crippen molar-refractivity contribution in [1.82, 2.24) is 0 Å². The van der Waals surface area contributed by atoms with E-state index in [0.29, 0.717) is 0 Å². The maximum Gasteiger partial charge on any atom is 0.322 e. The summed E-state index contributed by atoms with van der Waals surface area (Å²) in [6.07, 6.45) is 0. The van der Waals surface area contributed by atoms with Gasteiger partial charge in [-0.25, -0.2) is 0 Å². The first-order valence-electron chi connectivity index (χ1n) is 2.94. The predicted molar refractivity (Wildman–Crippen MR) is 22.7 cm³/mol. The molecule has 0 radical (unpaired) electrons. The van der Waals surface area contributed by atoms with Gasteiger partial charge in [0.2, 0.25) is 0 Å². The van der Waals surface area contributed by atoms with E-state index in [1.54, 1.807) is 0 Å². The van der Waals surface area contributed by atoms with Gasteiger partial charge in [-0.3, -0.25) is 4.79 Å². The lowest BCUT2D eigenvalue weighted by atomic mass is 11.3. The summed E-state index contributed by atoms with van der Waals surface area (Å²) in [6.45, 7) is -3.24. The van der Waals surface area contributed by atoms with E-state index < -0.39 is 18.5 Å². The van der Waals surface area contributed by atoms with Crippen molar-refractivity contribution in [1.29, 1.82) is 0 Å². The van der Waals surface area contributed by atoms with Gasteiger partial charge in [-0.2, -0.15) is 0 Å². The summed E-state index contributed by atoms with van der Waals surface area (Å²) in [5.41, 5.74) is 4.58. The molecule has 0 amide bonds. The zero-order valence-electron chi connectivity index (χ0n) is 6.38. The van der Waals surface area contributed by atoms with Crippen molar-refractivity contribution in [2.75, 3.05) is 6.56 Å². The number of aliphatic carboxylic acids is 1. The number of hydrogen-bond donors (Lipinski definition) is 3. The van der Waals surface area contributed by atoms with Crippen LogP contribution in [0.4, 0.5) is 0 Å². The summed E-state index contributed by atoms with van der Waals surface area (Å²) in [5, 5.41) is 16.4. The molecule has 0 aliphatic carbocycles. The fraction of sp³-hybridized carbons (Fsp3) is 0.667. The highest BCUT2D eigenvalue weighted by Crippen LogP contribution is 1.71. The van der Waals surface area contributed by atoms with E-state index in [0.717, 1.165) is 0 Å². The van der Waals surface area contributed by atoms with E-state index in [1.807, 2.05) is 0 Å². The Kier molecular flexibility index (Phi) is 0.958. The second-order valence-corrected chi connectivity index (χ2v) is 0.831. The smallest absolute Gasteiger partial charge is 0.322 e. The van der Waals surface area contributed by atoms with Crippen LogP contribution in [-0.4, -0.2) is 28.8 Å². The van der Waals surface area contributed by atoms with E-state index in [9.17, 15) is 4.79 Å². The normalized spacial score (nSPS) is 26.3. The second-order valence-electron chi connectivity index (χ2n) is 0.831. The monoisotopic (exact) mass is 112 g/mol. The fourth-order valence-corrected chi connectivity index (χ4v) is 0.0478. The third-order valence-electron chi connectivity index (χ3n) is 0.351. The van der Waals surface area contributed by atoms with E-state index in [4.69, 9.17) is 14.3 Å². The molecular weight excluding hydrogens is 102 g/mol. The van der Waals surface area contributed by atoms with Crippen LogP contribution in [0, 0.1) is 0 Å². The molecule has 7 heavy (non-hydrogen) atoms. The Bertz CT molecular complexity index is 152. The van der Waals surface area contributed by atoms with Crippen molar-refractivity contribution in [2.24, 2.45) is 5.73 Å². The van der Waals surface area contributed by atoms with Crippen LogP contribution in [0.2, 0.25) is 0 Å². The number of carbonyl (C=O) groups is 1. The summed E-state index contributed by atoms with van der Waals surface area (Å²) in [6, 6.07) is -3.01. The molecule has 4 N–H and O–H groups in total. The van der Waals surface area contributed by atoms with Gasteiger partial charge >= 0.3 is 5.97 Å². The molecule has 0 spiro atoms. The summed E-state index contributed by atoms with van der Waals surface area (Å²) in [7, 11) is 0. The first kappa shape index (κ1) is 2.64. The molecule has 4 nitrogen and oxygen atoms in total. The van der Waals surface area contributed by atoms with Crippen LogP contribution in [0.3, 0.4) is 0 Å². The molecule has 1 atom stereocenters. The van der Waals surface area contributed by atoms with Crippen molar-refractivity contribution in [2.45, 2.75) is 6.02 Å². The van der Waals surface area contributed by atoms with Crippen LogP contribution in [0.5, 0.6) is 0 Å². The molecule has 0 aromatic carbocycles. The van der Waals surface area contributed by atoms with Gasteiger partial charge in [-0.1, -0.05) is 0 Å². The van der Waals surface area contributed by atoms with E-state index in [-0.39, 0.29) is 0 Å². The van der Waals surface area contributed by atoms with Crippen LogP contribution in [-0.2, 0) is 4.79 Å². The Morgan fingerprint density at radius 2 is 2.71 bits per heavy atom. The molecule has 0 saturated carbocycles. The number of carboxylic acid groups (broad SMARTS) is 1. The minimum atomic E-state index is -3.24. The largest absolute Gasteiger partial charge is 0.480 e. The van der Waals surface area contributed by atoms with Crippen molar-refractivity contribution < 1.29 is 19.1 Å². The number of nitrogens with two attached hydrogens (primary N) is 1. The Morgan fingerprint density at radius 1 is 2.29 bits per heavy atom. The van der Waals surface area contributed by atoms with Gasteiger partial charge in [0.05, 0.1) is 10.7 Å². The van der Waals surface area contributed by atoms with Crippen molar-refractivity contribution in [3.8, 4) is 0 Å². The average molecular weight is 112 g/mol. The number of rotatable bonds is 2. The molecule has 0 heterocycles. The average Bonchev–Trinajstić information content (AvgIpc) is 1.62. The van der Waals surface area contributed by atoms with Crippen LogP contribution in [0.1, 0.15) is 4.11 Å². The molecule has 0 saturated heterocycles. The summed E-state index contributed by atoms with van der Waals surface area (Å²) in [5.74, 6) is -1.92. The van der Waals surface area contributed by atoms with Crippen LogP contribution in [0.15, 0.2) is 0 Å². The SMILES string of the molecule is [2H][13C]([2H])(O)[13C@]([2H])([15NH2])[13C](=O)O. The van der Waals surface area contributed by atoms with Gasteiger partial charge in [0, 0.05) is 0 Å². The third kappa shape index (κ3) is 2.13. The minimum Gasteiger partial charge on any atom is -0.480 e. The molecule has 0 unspecified atom stereocenters. The lowest BCUT2D eigenvalue weighted by Gasteiger charge is -1.96. The lowest BCUT2D eigenvalue weighted by Crippen LogP contribution is -2.33. The van der Waals surface area contributed by atoms with Gasteiger partial charge in [0.1, 0.15) is 6.02 Å². The molecule has 0 aromatic heterocycles. The number of hydrogen-bond acceptors (Lipinski definition) is 3. The topological polar surface area (TPSA) is 83.5 Å². The highest BCUT2D eigenvalue weighted by molar-refractivity contribution is 5.73. The first-order valence-corrected chi connectivity index (χ1v) is 1.44. The highest BCUT2D eigenvalue weighted by Gasteiger charge is 2.06. The molecule has 0 aliphatic heterocycles. The summed E-state index contributed by atoms with van der Waals surface area (Å²) in [4.78, 5) is 9.96. The highest BCUT2D eigenvalue weighted by atomic mass is 16.5.